The predicted molar refractivity (Wildman–Crippen MR) is 70.7 cm³/mol. The van der Waals surface area contributed by atoms with E-state index in [1.807, 2.05) is 11.8 Å². The van der Waals surface area contributed by atoms with Crippen LogP contribution in [0.3, 0.4) is 0 Å². The summed E-state index contributed by atoms with van der Waals surface area (Å²) in [7, 11) is 0. The minimum atomic E-state index is -0.641. The van der Waals surface area contributed by atoms with Gasteiger partial charge in [-0.25, -0.2) is 4.98 Å². The highest BCUT2D eigenvalue weighted by Gasteiger charge is 2.30. The zero-order valence-electron chi connectivity index (χ0n) is 11.5. The van der Waals surface area contributed by atoms with E-state index in [9.17, 15) is 5.11 Å². The molecular formula is C13H22N4O. The summed E-state index contributed by atoms with van der Waals surface area (Å²) in [6.07, 6.45) is 3.54. The Morgan fingerprint density at radius 3 is 2.56 bits per heavy atom. The standard InChI is InChI=1S/C13H22N4O/c1-4-10-11(5-2)15-16-12(14-10)17-8-6-7-13(3,18)9-17/h18H,4-9H2,1-3H3. The summed E-state index contributed by atoms with van der Waals surface area (Å²) in [6.45, 7) is 7.50. The minimum absolute atomic E-state index is 0.587. The lowest BCUT2D eigenvalue weighted by molar-refractivity contribution is 0.0444. The fraction of sp³-hybridized carbons (Fsp3) is 0.769. The normalized spacial score (nSPS) is 24.3. The van der Waals surface area contributed by atoms with Crippen molar-refractivity contribution in [3.05, 3.63) is 11.4 Å². The van der Waals surface area contributed by atoms with Gasteiger partial charge in [0.05, 0.1) is 17.0 Å². The molecule has 0 amide bonds. The molecule has 1 aromatic rings. The minimum Gasteiger partial charge on any atom is -0.388 e. The Kier molecular flexibility index (Phi) is 3.80. The molecule has 18 heavy (non-hydrogen) atoms. The molecule has 0 aromatic carbocycles. The summed E-state index contributed by atoms with van der Waals surface area (Å²) in [6, 6.07) is 0. The fourth-order valence-corrected chi connectivity index (χ4v) is 2.45. The summed E-state index contributed by atoms with van der Waals surface area (Å²) in [5, 5.41) is 18.6. The van der Waals surface area contributed by atoms with Gasteiger partial charge in [-0.1, -0.05) is 13.8 Å². The average molecular weight is 250 g/mol. The zero-order valence-corrected chi connectivity index (χ0v) is 11.5. The second-order valence-corrected chi connectivity index (χ2v) is 5.23. The summed E-state index contributed by atoms with van der Waals surface area (Å²) in [5.74, 6) is 0.657. The fourth-order valence-electron chi connectivity index (χ4n) is 2.45. The van der Waals surface area contributed by atoms with Crippen molar-refractivity contribution in [3.63, 3.8) is 0 Å². The average Bonchev–Trinajstić information content (AvgIpc) is 2.36. The molecule has 5 heteroatoms. The molecule has 0 saturated carbocycles. The second-order valence-electron chi connectivity index (χ2n) is 5.23. The van der Waals surface area contributed by atoms with Crippen LogP contribution in [0.4, 0.5) is 5.95 Å². The van der Waals surface area contributed by atoms with Gasteiger partial charge in [-0.05, 0) is 32.6 Å². The molecule has 1 N–H and O–H groups in total. The van der Waals surface area contributed by atoms with Gasteiger partial charge in [0.25, 0.3) is 0 Å². The molecule has 1 atom stereocenters. The topological polar surface area (TPSA) is 62.1 Å². The molecule has 5 nitrogen and oxygen atoms in total. The third-order valence-electron chi connectivity index (χ3n) is 3.46. The van der Waals surface area contributed by atoms with Crippen molar-refractivity contribution in [2.24, 2.45) is 0 Å². The first-order chi connectivity index (χ1) is 8.55. The monoisotopic (exact) mass is 250 g/mol. The van der Waals surface area contributed by atoms with Crippen molar-refractivity contribution < 1.29 is 5.11 Å². The number of nitrogens with zero attached hydrogens (tertiary/aromatic N) is 4. The van der Waals surface area contributed by atoms with E-state index in [0.717, 1.165) is 43.6 Å². The maximum atomic E-state index is 10.1. The van der Waals surface area contributed by atoms with Gasteiger partial charge in [-0.2, -0.15) is 5.10 Å². The summed E-state index contributed by atoms with van der Waals surface area (Å²) >= 11 is 0. The van der Waals surface area contributed by atoms with Gasteiger partial charge < -0.3 is 10.0 Å². The van der Waals surface area contributed by atoms with Gasteiger partial charge in [0, 0.05) is 13.1 Å². The van der Waals surface area contributed by atoms with Gasteiger partial charge in [0.1, 0.15) is 0 Å². The molecule has 1 unspecified atom stereocenters. The SMILES string of the molecule is CCc1nnc(N2CCCC(C)(O)C2)nc1CC. The maximum absolute atomic E-state index is 10.1. The molecule has 0 bridgehead atoms. The van der Waals surface area contributed by atoms with Crippen LogP contribution in [-0.4, -0.2) is 39.0 Å². The first kappa shape index (κ1) is 13.2. The lowest BCUT2D eigenvalue weighted by Crippen LogP contribution is -2.47. The number of rotatable bonds is 3. The molecular weight excluding hydrogens is 228 g/mol. The van der Waals surface area contributed by atoms with Crippen molar-refractivity contribution in [1.29, 1.82) is 0 Å². The molecule has 2 heterocycles. The Labute approximate surface area is 108 Å². The van der Waals surface area contributed by atoms with Crippen LogP contribution >= 0.6 is 0 Å². The van der Waals surface area contributed by atoms with Crippen molar-refractivity contribution >= 4 is 5.95 Å². The van der Waals surface area contributed by atoms with Gasteiger partial charge in [-0.3, -0.25) is 0 Å². The first-order valence-electron chi connectivity index (χ1n) is 6.75. The van der Waals surface area contributed by atoms with Crippen LogP contribution in [0.25, 0.3) is 0 Å². The number of aryl methyl sites for hydroxylation is 2. The summed E-state index contributed by atoms with van der Waals surface area (Å²) in [4.78, 5) is 6.63. The van der Waals surface area contributed by atoms with Crippen LogP contribution in [0, 0.1) is 0 Å². The van der Waals surface area contributed by atoms with E-state index in [0.29, 0.717) is 12.5 Å². The van der Waals surface area contributed by atoms with E-state index < -0.39 is 5.60 Å². The molecule has 2 rings (SSSR count). The van der Waals surface area contributed by atoms with E-state index in [1.165, 1.54) is 0 Å². The van der Waals surface area contributed by atoms with Crippen molar-refractivity contribution in [2.75, 3.05) is 18.0 Å². The van der Waals surface area contributed by atoms with Gasteiger partial charge >= 0.3 is 0 Å². The third kappa shape index (κ3) is 2.77. The van der Waals surface area contributed by atoms with Gasteiger partial charge in [0.2, 0.25) is 5.95 Å². The van der Waals surface area contributed by atoms with E-state index in [-0.39, 0.29) is 0 Å². The third-order valence-corrected chi connectivity index (χ3v) is 3.46. The Hall–Kier alpha value is -1.23. The summed E-state index contributed by atoms with van der Waals surface area (Å²) in [5.41, 5.74) is 1.36. The van der Waals surface area contributed by atoms with Crippen LogP contribution in [0.2, 0.25) is 0 Å². The first-order valence-corrected chi connectivity index (χ1v) is 6.75. The van der Waals surface area contributed by atoms with Crippen LogP contribution < -0.4 is 4.90 Å². The molecule has 0 aliphatic carbocycles. The number of hydrogen-bond donors (Lipinski definition) is 1. The van der Waals surface area contributed by atoms with Crippen molar-refractivity contribution in [3.8, 4) is 0 Å². The Bertz CT molecular complexity index is 419. The zero-order chi connectivity index (χ0) is 13.2. The lowest BCUT2D eigenvalue weighted by Gasteiger charge is -2.36. The Balaban J connectivity index is 2.23. The lowest BCUT2D eigenvalue weighted by atomic mass is 9.95. The van der Waals surface area contributed by atoms with Gasteiger partial charge in [-0.15, -0.1) is 5.10 Å². The van der Waals surface area contributed by atoms with Crippen LogP contribution in [0.5, 0.6) is 0 Å². The number of hydrogen-bond acceptors (Lipinski definition) is 5. The molecule has 1 aliphatic heterocycles. The highest BCUT2D eigenvalue weighted by atomic mass is 16.3. The number of β-amino-alcohol motifs (C(OH)–C–C–N with tert-alkyl or cyclic N) is 1. The largest absolute Gasteiger partial charge is 0.388 e. The molecule has 0 spiro atoms. The number of aliphatic hydroxyl groups is 1. The van der Waals surface area contributed by atoms with E-state index in [1.54, 1.807) is 0 Å². The molecule has 1 saturated heterocycles. The Morgan fingerprint density at radius 2 is 1.94 bits per heavy atom. The van der Waals surface area contributed by atoms with Crippen LogP contribution in [0.15, 0.2) is 0 Å². The quantitative estimate of drug-likeness (QED) is 0.877. The highest BCUT2D eigenvalue weighted by Crippen LogP contribution is 2.23. The number of piperidine rings is 1. The van der Waals surface area contributed by atoms with Crippen molar-refractivity contribution in [1.82, 2.24) is 15.2 Å². The molecule has 1 fully saturated rings. The smallest absolute Gasteiger partial charge is 0.245 e. The van der Waals surface area contributed by atoms with E-state index >= 15 is 0 Å². The molecule has 100 valence electrons. The Morgan fingerprint density at radius 1 is 1.22 bits per heavy atom. The number of anilines is 1. The van der Waals surface area contributed by atoms with Gasteiger partial charge in [0.15, 0.2) is 0 Å². The highest BCUT2D eigenvalue weighted by molar-refractivity contribution is 5.32. The summed E-state index contributed by atoms with van der Waals surface area (Å²) < 4.78 is 0. The molecule has 0 radical (unpaired) electrons. The molecule has 1 aromatic heterocycles. The predicted octanol–water partition coefficient (Wildman–Crippen LogP) is 1.35. The molecule has 1 aliphatic rings. The van der Waals surface area contributed by atoms with Crippen LogP contribution in [-0.2, 0) is 12.8 Å². The van der Waals surface area contributed by atoms with Crippen molar-refractivity contribution in [2.45, 2.75) is 52.1 Å². The second kappa shape index (κ2) is 5.18. The number of aromatic nitrogens is 3. The maximum Gasteiger partial charge on any atom is 0.245 e. The van der Waals surface area contributed by atoms with E-state index in [4.69, 9.17) is 0 Å². The van der Waals surface area contributed by atoms with Crippen LogP contribution in [0.1, 0.15) is 45.0 Å². The van der Waals surface area contributed by atoms with E-state index in [2.05, 4.69) is 29.0 Å².